The maximum absolute atomic E-state index is 8.83. The zero-order valence-corrected chi connectivity index (χ0v) is 12.6. The zero-order chi connectivity index (χ0) is 15.9. The fourth-order valence-electron chi connectivity index (χ4n) is 3.54. The number of rotatable bonds is 4. The van der Waals surface area contributed by atoms with Crippen molar-refractivity contribution >= 4 is 11.0 Å². The van der Waals surface area contributed by atoms with Crippen molar-refractivity contribution in [2.45, 2.75) is 24.8 Å². The lowest BCUT2D eigenvalue weighted by atomic mass is 9.67. The van der Waals surface area contributed by atoms with E-state index in [9.17, 15) is 0 Å². The van der Waals surface area contributed by atoms with Crippen molar-refractivity contribution in [2.75, 3.05) is 6.54 Å². The summed E-state index contributed by atoms with van der Waals surface area (Å²) in [6.45, 7) is 0.527. The number of hydrogen-bond donors (Lipinski definition) is 2. The average molecular weight is 307 g/mol. The number of nitrogens with zero attached hydrogens (tertiary/aromatic N) is 5. The number of hydrogen-bond acceptors (Lipinski definition) is 5. The molecule has 0 saturated heterocycles. The Balaban J connectivity index is 1.67. The third kappa shape index (κ3) is 2.11. The van der Waals surface area contributed by atoms with Gasteiger partial charge >= 0.3 is 0 Å². The van der Waals surface area contributed by atoms with E-state index in [-0.39, 0.29) is 5.54 Å². The molecule has 1 aliphatic carbocycles. The number of aromatic amines is 1. The van der Waals surface area contributed by atoms with Crippen LogP contribution in [0.5, 0.6) is 0 Å². The van der Waals surface area contributed by atoms with Gasteiger partial charge in [0.15, 0.2) is 0 Å². The lowest BCUT2D eigenvalue weighted by Crippen LogP contribution is -2.51. The minimum absolute atomic E-state index is 0.163. The summed E-state index contributed by atoms with van der Waals surface area (Å²) >= 11 is 0. The minimum Gasteiger partial charge on any atom is -0.346 e. The second-order valence-electron chi connectivity index (χ2n) is 6.20. The van der Waals surface area contributed by atoms with Gasteiger partial charge in [-0.15, -0.1) is 0 Å². The average Bonchev–Trinajstić information content (AvgIpc) is 3.19. The molecule has 0 aliphatic heterocycles. The Bertz CT molecular complexity index is 879. The topological polar surface area (TPSA) is 109 Å². The predicted octanol–water partition coefficient (Wildman–Crippen LogP) is 1.80. The number of nitrogens with one attached hydrogen (secondary N) is 1. The molecule has 1 saturated carbocycles. The van der Waals surface area contributed by atoms with E-state index >= 15 is 0 Å². The lowest BCUT2D eigenvalue weighted by molar-refractivity contribution is 0.0641. The van der Waals surface area contributed by atoms with E-state index < -0.39 is 0 Å². The first-order valence-corrected chi connectivity index (χ1v) is 7.66. The van der Waals surface area contributed by atoms with E-state index in [2.05, 4.69) is 26.1 Å². The van der Waals surface area contributed by atoms with Gasteiger partial charge in [-0.05, 0) is 24.8 Å². The molecule has 7 nitrogen and oxygen atoms in total. The fourth-order valence-corrected chi connectivity index (χ4v) is 3.54. The molecule has 4 rings (SSSR count). The van der Waals surface area contributed by atoms with Gasteiger partial charge in [0.2, 0.25) is 0 Å². The molecule has 7 heteroatoms. The molecule has 3 N–H and O–H groups in total. The molecule has 0 amide bonds. The normalized spacial score (nSPS) is 23.6. The highest BCUT2D eigenvalue weighted by Crippen LogP contribution is 2.45. The molecule has 3 aromatic rings. The SMILES string of the molecule is N#CCC1CC(CN)(n2cc(-c3ncnc4[nH]ccc34)cn2)C1. The van der Waals surface area contributed by atoms with Gasteiger partial charge in [0.05, 0.1) is 23.5 Å². The molecule has 0 atom stereocenters. The summed E-state index contributed by atoms with van der Waals surface area (Å²) in [5.41, 5.74) is 8.47. The minimum atomic E-state index is -0.163. The number of nitrogens with two attached hydrogens (primary N) is 1. The lowest BCUT2D eigenvalue weighted by Gasteiger charge is -2.46. The van der Waals surface area contributed by atoms with E-state index in [1.54, 1.807) is 6.33 Å². The smallest absolute Gasteiger partial charge is 0.141 e. The molecule has 1 aliphatic rings. The first kappa shape index (κ1) is 13.9. The summed E-state index contributed by atoms with van der Waals surface area (Å²) in [5, 5.41) is 14.3. The van der Waals surface area contributed by atoms with Crippen LogP contribution < -0.4 is 5.73 Å². The third-order valence-corrected chi connectivity index (χ3v) is 4.79. The molecule has 3 aromatic heterocycles. The highest BCUT2D eigenvalue weighted by atomic mass is 15.3. The Morgan fingerprint density at radius 1 is 1.43 bits per heavy atom. The number of aromatic nitrogens is 5. The van der Waals surface area contributed by atoms with E-state index in [4.69, 9.17) is 11.0 Å². The molecule has 23 heavy (non-hydrogen) atoms. The van der Waals surface area contributed by atoms with Crippen molar-refractivity contribution in [3.05, 3.63) is 31.0 Å². The van der Waals surface area contributed by atoms with E-state index in [1.807, 2.05) is 29.3 Å². The Hall–Kier alpha value is -2.72. The van der Waals surface area contributed by atoms with Crippen LogP contribution in [0.4, 0.5) is 0 Å². The second kappa shape index (κ2) is 5.18. The molecule has 0 spiro atoms. The van der Waals surface area contributed by atoms with Crippen LogP contribution in [0, 0.1) is 17.2 Å². The summed E-state index contributed by atoms with van der Waals surface area (Å²) in [7, 11) is 0. The van der Waals surface area contributed by atoms with Gasteiger partial charge in [0.1, 0.15) is 12.0 Å². The Kier molecular flexibility index (Phi) is 3.13. The summed E-state index contributed by atoms with van der Waals surface area (Å²) in [6, 6.07) is 4.21. The number of fused-ring (bicyclic) bond motifs is 1. The van der Waals surface area contributed by atoms with Gasteiger partial charge in [-0.2, -0.15) is 10.4 Å². The number of H-pyrrole nitrogens is 1. The number of nitriles is 1. The molecule has 0 aromatic carbocycles. The molecular weight excluding hydrogens is 290 g/mol. The quantitative estimate of drug-likeness (QED) is 0.763. The summed E-state index contributed by atoms with van der Waals surface area (Å²) in [4.78, 5) is 11.7. The Labute approximate surface area is 133 Å². The van der Waals surface area contributed by atoms with Gasteiger partial charge in [-0.3, -0.25) is 4.68 Å². The standard InChI is InChI=1S/C16H17N7/c17-3-1-11-5-16(6-11,9-18)23-8-12(7-22-23)14-13-2-4-19-15(13)21-10-20-14/h2,4,7-8,10-11H,1,5-6,9,18H2,(H,19,20,21). The molecule has 3 heterocycles. The highest BCUT2D eigenvalue weighted by Gasteiger charge is 2.45. The van der Waals surface area contributed by atoms with E-state index in [0.717, 1.165) is 35.1 Å². The van der Waals surface area contributed by atoms with Crippen LogP contribution >= 0.6 is 0 Å². The van der Waals surface area contributed by atoms with E-state index in [1.165, 1.54) is 0 Å². The van der Waals surface area contributed by atoms with Crippen LogP contribution in [0.3, 0.4) is 0 Å². The zero-order valence-electron chi connectivity index (χ0n) is 12.6. The van der Waals surface area contributed by atoms with Crippen LogP contribution in [0.1, 0.15) is 19.3 Å². The first-order chi connectivity index (χ1) is 11.3. The Morgan fingerprint density at radius 2 is 2.30 bits per heavy atom. The van der Waals surface area contributed by atoms with Crippen molar-refractivity contribution < 1.29 is 0 Å². The fraction of sp³-hybridized carbons (Fsp3) is 0.375. The second-order valence-corrected chi connectivity index (χ2v) is 6.20. The first-order valence-electron chi connectivity index (χ1n) is 7.66. The molecule has 1 fully saturated rings. The molecule has 0 unspecified atom stereocenters. The predicted molar refractivity (Wildman–Crippen MR) is 85.1 cm³/mol. The van der Waals surface area contributed by atoms with Crippen LogP contribution in [0.15, 0.2) is 31.0 Å². The van der Waals surface area contributed by atoms with Crippen LogP contribution in [0.2, 0.25) is 0 Å². The third-order valence-electron chi connectivity index (χ3n) is 4.79. The maximum atomic E-state index is 8.83. The van der Waals surface area contributed by atoms with Gasteiger partial charge in [-0.1, -0.05) is 0 Å². The van der Waals surface area contributed by atoms with Crippen LogP contribution in [0.25, 0.3) is 22.3 Å². The van der Waals surface area contributed by atoms with Gasteiger partial charge in [0.25, 0.3) is 0 Å². The Morgan fingerprint density at radius 3 is 3.09 bits per heavy atom. The van der Waals surface area contributed by atoms with Crippen molar-refractivity contribution in [2.24, 2.45) is 11.7 Å². The van der Waals surface area contributed by atoms with Gasteiger partial charge in [0, 0.05) is 36.3 Å². The monoisotopic (exact) mass is 307 g/mol. The molecule has 0 radical (unpaired) electrons. The van der Waals surface area contributed by atoms with Gasteiger partial charge < -0.3 is 10.7 Å². The van der Waals surface area contributed by atoms with Crippen molar-refractivity contribution in [3.63, 3.8) is 0 Å². The summed E-state index contributed by atoms with van der Waals surface area (Å²) in [6.07, 6.45) is 9.63. The van der Waals surface area contributed by atoms with Gasteiger partial charge in [-0.25, -0.2) is 9.97 Å². The van der Waals surface area contributed by atoms with Crippen LogP contribution in [-0.2, 0) is 5.54 Å². The molecular formula is C16H17N7. The molecule has 116 valence electrons. The largest absolute Gasteiger partial charge is 0.346 e. The summed E-state index contributed by atoms with van der Waals surface area (Å²) < 4.78 is 1.96. The molecule has 0 bridgehead atoms. The van der Waals surface area contributed by atoms with Crippen molar-refractivity contribution in [1.82, 2.24) is 24.7 Å². The van der Waals surface area contributed by atoms with Crippen molar-refractivity contribution in [3.8, 4) is 17.3 Å². The highest BCUT2D eigenvalue weighted by molar-refractivity contribution is 5.89. The van der Waals surface area contributed by atoms with Crippen molar-refractivity contribution in [1.29, 1.82) is 5.26 Å². The van der Waals surface area contributed by atoms with Crippen LogP contribution in [-0.4, -0.2) is 31.3 Å². The van der Waals surface area contributed by atoms with E-state index in [0.29, 0.717) is 18.9 Å². The summed E-state index contributed by atoms with van der Waals surface area (Å²) in [5.74, 6) is 0.423. The maximum Gasteiger partial charge on any atom is 0.141 e.